The highest BCUT2D eigenvalue weighted by Crippen LogP contribution is 2.19. The maximum absolute atomic E-state index is 11.2. The molecular weight excluding hydrogens is 280 g/mol. The number of rotatable bonds is 8. The van der Waals surface area contributed by atoms with Crippen molar-refractivity contribution < 1.29 is 14.7 Å². The number of anilines is 1. The summed E-state index contributed by atoms with van der Waals surface area (Å²) in [6.07, 6.45) is 4.02. The summed E-state index contributed by atoms with van der Waals surface area (Å²) in [5.74, 6) is -1.27. The quantitative estimate of drug-likeness (QED) is 0.433. The highest BCUT2D eigenvalue weighted by molar-refractivity contribution is 7.09. The van der Waals surface area contributed by atoms with E-state index in [-0.39, 0.29) is 16.7 Å². The predicted octanol–water partition coefficient (Wildman–Crippen LogP) is 2.28. The van der Waals surface area contributed by atoms with Crippen molar-refractivity contribution in [2.75, 3.05) is 5.73 Å². The van der Waals surface area contributed by atoms with Crippen LogP contribution in [0.3, 0.4) is 0 Å². The third-order valence-corrected chi connectivity index (χ3v) is 3.17. The van der Waals surface area contributed by atoms with Crippen molar-refractivity contribution in [2.45, 2.75) is 52.1 Å². The highest BCUT2D eigenvalue weighted by atomic mass is 32.1. The van der Waals surface area contributed by atoms with E-state index in [4.69, 9.17) is 15.7 Å². The first-order chi connectivity index (χ1) is 9.35. The zero-order valence-electron chi connectivity index (χ0n) is 11.9. The lowest BCUT2D eigenvalue weighted by Crippen LogP contribution is -2.25. The van der Waals surface area contributed by atoms with E-state index in [1.807, 2.05) is 13.8 Å². The fourth-order valence-corrected chi connectivity index (χ4v) is 1.96. The van der Waals surface area contributed by atoms with Gasteiger partial charge >= 0.3 is 5.97 Å². The molecule has 112 valence electrons. The van der Waals surface area contributed by atoms with Gasteiger partial charge in [-0.15, -0.1) is 0 Å². The van der Waals surface area contributed by atoms with E-state index in [1.165, 1.54) is 0 Å². The molecule has 7 nitrogen and oxygen atoms in total. The molecule has 0 spiro atoms. The van der Waals surface area contributed by atoms with E-state index in [0.717, 1.165) is 37.2 Å². The van der Waals surface area contributed by atoms with Gasteiger partial charge in [0, 0.05) is 11.5 Å². The second kappa shape index (κ2) is 7.18. The molecule has 0 amide bonds. The smallest absolute Gasteiger partial charge is 0.362 e. The Morgan fingerprint density at radius 2 is 2.20 bits per heavy atom. The molecule has 0 atom stereocenters. The van der Waals surface area contributed by atoms with Gasteiger partial charge in [-0.2, -0.15) is 9.36 Å². The second-order valence-electron chi connectivity index (χ2n) is 5.01. The van der Waals surface area contributed by atoms with Crippen LogP contribution in [0.2, 0.25) is 0 Å². The maximum atomic E-state index is 11.2. The number of hydrogen-bond donors (Lipinski definition) is 2. The van der Waals surface area contributed by atoms with E-state index in [0.29, 0.717) is 0 Å². The third-order valence-electron chi connectivity index (χ3n) is 2.62. The van der Waals surface area contributed by atoms with Crippen molar-refractivity contribution in [1.29, 1.82) is 0 Å². The molecule has 0 saturated heterocycles. The van der Waals surface area contributed by atoms with Crippen LogP contribution in [0, 0.1) is 0 Å². The van der Waals surface area contributed by atoms with Gasteiger partial charge in [-0.25, -0.2) is 4.79 Å². The third kappa shape index (κ3) is 5.12. The molecule has 1 aromatic rings. The fourth-order valence-electron chi connectivity index (χ4n) is 1.52. The Labute approximate surface area is 122 Å². The average molecular weight is 300 g/mol. The van der Waals surface area contributed by atoms with Crippen LogP contribution in [-0.4, -0.2) is 31.7 Å². The summed E-state index contributed by atoms with van der Waals surface area (Å²) in [4.78, 5) is 20.3. The van der Waals surface area contributed by atoms with Crippen LogP contribution in [0.4, 0.5) is 5.13 Å². The number of carbonyl (C=O) groups is 1. The largest absolute Gasteiger partial charge is 0.476 e. The molecule has 0 unspecified atom stereocenters. The molecule has 0 aliphatic rings. The van der Waals surface area contributed by atoms with Gasteiger partial charge in [0.2, 0.25) is 11.5 Å². The fraction of sp³-hybridized carbons (Fsp3) is 0.667. The van der Waals surface area contributed by atoms with Crippen molar-refractivity contribution in [3.63, 3.8) is 0 Å². The summed E-state index contributed by atoms with van der Waals surface area (Å²) in [5.41, 5.74) is 4.57. The van der Waals surface area contributed by atoms with E-state index in [1.54, 1.807) is 0 Å². The van der Waals surface area contributed by atoms with Gasteiger partial charge in [-0.05, 0) is 26.7 Å². The van der Waals surface area contributed by atoms with Gasteiger partial charge in [0.15, 0.2) is 5.13 Å². The molecule has 8 heteroatoms. The number of aliphatic carboxylic acids is 1. The molecule has 0 bridgehead atoms. The summed E-state index contributed by atoms with van der Waals surface area (Å²) in [5, 5.41) is 13.0. The molecule has 1 aromatic heterocycles. The van der Waals surface area contributed by atoms with Crippen LogP contribution in [0.15, 0.2) is 5.16 Å². The molecule has 20 heavy (non-hydrogen) atoms. The Kier molecular flexibility index (Phi) is 5.87. The second-order valence-corrected chi connectivity index (χ2v) is 5.79. The topological polar surface area (TPSA) is 111 Å². The van der Waals surface area contributed by atoms with Crippen molar-refractivity contribution >= 4 is 28.3 Å². The van der Waals surface area contributed by atoms with E-state index in [2.05, 4.69) is 21.4 Å². The number of unbranched alkanes of at least 4 members (excludes halogenated alkanes) is 2. The molecule has 0 aliphatic heterocycles. The first kappa shape index (κ1) is 16.4. The van der Waals surface area contributed by atoms with Crippen molar-refractivity contribution in [2.24, 2.45) is 5.16 Å². The molecule has 1 heterocycles. The van der Waals surface area contributed by atoms with Crippen molar-refractivity contribution in [3.8, 4) is 0 Å². The molecule has 1 rings (SSSR count). The summed E-state index contributed by atoms with van der Waals surface area (Å²) in [7, 11) is 0. The number of oxime groups is 1. The molecule has 0 aromatic carbocycles. The number of nitrogens with two attached hydrogens (primary N) is 1. The molecule has 0 aliphatic carbocycles. The summed E-state index contributed by atoms with van der Waals surface area (Å²) >= 11 is 0.917. The average Bonchev–Trinajstić information content (AvgIpc) is 2.75. The van der Waals surface area contributed by atoms with E-state index in [9.17, 15) is 4.79 Å². The maximum Gasteiger partial charge on any atom is 0.362 e. The van der Waals surface area contributed by atoms with Gasteiger partial charge in [-0.3, -0.25) is 0 Å². The summed E-state index contributed by atoms with van der Waals surface area (Å²) in [6, 6.07) is 0. The normalized spacial score (nSPS) is 12.4. The van der Waals surface area contributed by atoms with Gasteiger partial charge in [0.1, 0.15) is 5.60 Å². The Morgan fingerprint density at radius 1 is 1.50 bits per heavy atom. The predicted molar refractivity (Wildman–Crippen MR) is 77.8 cm³/mol. The highest BCUT2D eigenvalue weighted by Gasteiger charge is 2.23. The lowest BCUT2D eigenvalue weighted by atomic mass is 10.0. The standard InChI is InChI=1S/C12H20N4O3S/c1-4-5-6-7-12(2,3)19-15-8(10(17)18)9-14-11(13)20-16-9/h4-7H2,1-3H3,(H,17,18)(H2,13,14,16)/b15-8-. The molecular formula is C12H20N4O3S. The molecule has 0 saturated carbocycles. The minimum Gasteiger partial charge on any atom is -0.476 e. The van der Waals surface area contributed by atoms with Gasteiger partial charge in [-0.1, -0.05) is 24.9 Å². The Morgan fingerprint density at radius 3 is 2.70 bits per heavy atom. The summed E-state index contributed by atoms with van der Waals surface area (Å²) < 4.78 is 3.83. The molecule has 3 N–H and O–H groups in total. The van der Waals surface area contributed by atoms with Crippen LogP contribution in [0.5, 0.6) is 0 Å². The van der Waals surface area contributed by atoms with Crippen LogP contribution in [-0.2, 0) is 9.63 Å². The van der Waals surface area contributed by atoms with Crippen molar-refractivity contribution in [1.82, 2.24) is 9.36 Å². The number of nitrogen functional groups attached to an aromatic ring is 1. The Balaban J connectivity index is 2.75. The van der Waals surface area contributed by atoms with Crippen LogP contribution in [0.25, 0.3) is 0 Å². The molecule has 0 radical (unpaired) electrons. The number of hydrogen-bond acceptors (Lipinski definition) is 7. The SMILES string of the molecule is CCCCCC(C)(C)O/N=C(\C(=O)O)c1nsc(N)n1. The number of aromatic nitrogens is 2. The lowest BCUT2D eigenvalue weighted by Gasteiger charge is -2.22. The molecule has 0 fully saturated rings. The lowest BCUT2D eigenvalue weighted by molar-refractivity contribution is -0.129. The Bertz CT molecular complexity index is 485. The van der Waals surface area contributed by atoms with Crippen LogP contribution in [0.1, 0.15) is 52.3 Å². The first-order valence-corrected chi connectivity index (χ1v) is 7.22. The monoisotopic (exact) mass is 300 g/mol. The summed E-state index contributed by atoms with van der Waals surface area (Å²) in [6.45, 7) is 5.86. The number of nitrogens with zero attached hydrogens (tertiary/aromatic N) is 3. The number of carboxylic acid groups (broad SMARTS) is 1. The Hall–Kier alpha value is -1.70. The van der Waals surface area contributed by atoms with Crippen LogP contribution < -0.4 is 5.73 Å². The van der Waals surface area contributed by atoms with Crippen molar-refractivity contribution in [3.05, 3.63) is 5.82 Å². The van der Waals surface area contributed by atoms with E-state index < -0.39 is 11.6 Å². The van der Waals surface area contributed by atoms with Crippen LogP contribution >= 0.6 is 11.5 Å². The van der Waals surface area contributed by atoms with Gasteiger partial charge < -0.3 is 15.7 Å². The first-order valence-electron chi connectivity index (χ1n) is 6.44. The zero-order chi connectivity index (χ0) is 15.2. The van der Waals surface area contributed by atoms with Gasteiger partial charge in [0.25, 0.3) is 0 Å². The minimum absolute atomic E-state index is 0.0237. The minimum atomic E-state index is -1.24. The zero-order valence-corrected chi connectivity index (χ0v) is 12.7. The van der Waals surface area contributed by atoms with Gasteiger partial charge in [0.05, 0.1) is 0 Å². The number of carboxylic acids is 1. The van der Waals surface area contributed by atoms with E-state index >= 15 is 0 Å².